The van der Waals surface area contributed by atoms with Gasteiger partial charge in [-0.2, -0.15) is 5.10 Å². The first-order chi connectivity index (χ1) is 16.4. The number of anilines is 2. The summed E-state index contributed by atoms with van der Waals surface area (Å²) in [5.41, 5.74) is 6.78. The maximum atomic E-state index is 11.4. The van der Waals surface area contributed by atoms with Gasteiger partial charge < -0.3 is 5.32 Å². The highest BCUT2D eigenvalue weighted by Gasteiger charge is 2.13. The molecule has 0 radical (unpaired) electrons. The molecule has 4 heterocycles. The predicted octanol–water partition coefficient (Wildman–Crippen LogP) is 1.16. The number of aromatic nitrogens is 8. The van der Waals surface area contributed by atoms with E-state index in [0.29, 0.717) is 18.0 Å². The number of primary sulfonamides is 1. The minimum atomic E-state index is -3.76. The van der Waals surface area contributed by atoms with Gasteiger partial charge >= 0.3 is 0 Å². The zero-order valence-electron chi connectivity index (χ0n) is 18.1. The van der Waals surface area contributed by atoms with E-state index in [0.717, 1.165) is 22.1 Å². The van der Waals surface area contributed by atoms with Crippen LogP contribution in [0.1, 0.15) is 5.56 Å². The molecule has 14 heteroatoms. The zero-order valence-corrected chi connectivity index (χ0v) is 18.9. The van der Waals surface area contributed by atoms with E-state index >= 15 is 0 Å². The zero-order chi connectivity index (χ0) is 23.7. The van der Waals surface area contributed by atoms with Gasteiger partial charge in [0.25, 0.3) is 0 Å². The number of hydrogen-bond acceptors (Lipinski definition) is 9. The van der Waals surface area contributed by atoms with Crippen molar-refractivity contribution in [2.45, 2.75) is 12.4 Å². The van der Waals surface area contributed by atoms with Gasteiger partial charge in [0.1, 0.15) is 24.3 Å². The molecule has 0 fully saturated rings. The summed E-state index contributed by atoms with van der Waals surface area (Å²) in [5.74, 6) is 0.400. The van der Waals surface area contributed by atoms with E-state index in [2.05, 4.69) is 42.1 Å². The van der Waals surface area contributed by atoms with Crippen molar-refractivity contribution in [2.75, 3.05) is 10.7 Å². The molecule has 0 saturated carbocycles. The second kappa shape index (κ2) is 8.57. The number of nitrogens with one attached hydrogen (secondary N) is 2. The molecule has 0 bridgehead atoms. The maximum absolute atomic E-state index is 11.4. The van der Waals surface area contributed by atoms with Crippen LogP contribution in [0, 0.1) is 0 Å². The third-order valence-corrected chi connectivity index (χ3v) is 5.70. The molecule has 5 rings (SSSR count). The number of nitrogens with two attached hydrogens (primary N) is 1. The first-order valence-electron chi connectivity index (χ1n) is 10.1. The smallest absolute Gasteiger partial charge is 0.244 e. The number of aryl methyl sites for hydroxylation is 1. The van der Waals surface area contributed by atoms with Gasteiger partial charge in [0, 0.05) is 31.5 Å². The van der Waals surface area contributed by atoms with Crippen molar-refractivity contribution >= 4 is 32.8 Å². The second-order valence-electron chi connectivity index (χ2n) is 7.63. The van der Waals surface area contributed by atoms with Gasteiger partial charge in [-0.1, -0.05) is 18.2 Å². The number of benzene rings is 1. The van der Waals surface area contributed by atoms with Gasteiger partial charge in [-0.15, -0.1) is 10.2 Å². The van der Waals surface area contributed by atoms with Gasteiger partial charge in [0.05, 0.1) is 11.6 Å². The minimum absolute atomic E-state index is 0.201. The summed E-state index contributed by atoms with van der Waals surface area (Å²) >= 11 is 0. The van der Waals surface area contributed by atoms with E-state index in [9.17, 15) is 8.42 Å². The summed E-state index contributed by atoms with van der Waals surface area (Å²) in [5, 5.41) is 21.2. The monoisotopic (exact) mass is 479 g/mol. The fourth-order valence-corrected chi connectivity index (χ4v) is 4.11. The van der Waals surface area contributed by atoms with Crippen LogP contribution in [0.5, 0.6) is 0 Å². The number of nitrogens with zero attached hydrogens (tertiary/aromatic N) is 8. The summed E-state index contributed by atoms with van der Waals surface area (Å²) in [6.07, 6.45) is 8.27. The van der Waals surface area contributed by atoms with Crippen LogP contribution in [0.15, 0.2) is 61.6 Å². The Labute approximate surface area is 194 Å². The van der Waals surface area contributed by atoms with Gasteiger partial charge in [0.2, 0.25) is 16.0 Å². The molecule has 4 N–H and O–H groups in total. The van der Waals surface area contributed by atoms with Crippen LogP contribution >= 0.6 is 0 Å². The minimum Gasteiger partial charge on any atom is -0.365 e. The van der Waals surface area contributed by atoms with Crippen LogP contribution in [0.25, 0.3) is 22.2 Å². The Hall–Kier alpha value is -4.30. The molecule has 0 aliphatic heterocycles. The van der Waals surface area contributed by atoms with Crippen LogP contribution < -0.4 is 15.9 Å². The fourth-order valence-electron chi connectivity index (χ4n) is 3.54. The third kappa shape index (κ3) is 4.57. The molecule has 1 aromatic carbocycles. The quantitative estimate of drug-likeness (QED) is 0.296. The molecule has 0 aliphatic carbocycles. The Kier molecular flexibility index (Phi) is 5.43. The van der Waals surface area contributed by atoms with E-state index < -0.39 is 15.9 Å². The number of rotatable bonds is 8. The van der Waals surface area contributed by atoms with E-state index in [1.807, 2.05) is 43.7 Å². The topological polar surface area (TPSA) is 163 Å². The molecule has 0 amide bonds. The van der Waals surface area contributed by atoms with E-state index in [1.54, 1.807) is 15.6 Å². The Morgan fingerprint density at radius 2 is 2.03 bits per heavy atom. The van der Waals surface area contributed by atoms with Gasteiger partial charge in [-0.3, -0.25) is 14.7 Å². The standard InChI is InChI=1S/C20H21N11O2S/c1-29-10-16(9-26-29)15-4-2-3-14(7-15)8-22-18-17-5-6-31(19(17)24-11-23-18)28-20-27-25-12-30(20)13-34(21,32)33/h2-7,9-12H,8,13H2,1H3,(H,27,28)(H2,21,32,33)(H,22,23,24). The summed E-state index contributed by atoms with van der Waals surface area (Å²) < 4.78 is 27.5. The maximum Gasteiger partial charge on any atom is 0.244 e. The van der Waals surface area contributed by atoms with E-state index in [-0.39, 0.29) is 5.95 Å². The van der Waals surface area contributed by atoms with Crippen molar-refractivity contribution < 1.29 is 8.42 Å². The Bertz CT molecular complexity index is 1570. The average molecular weight is 480 g/mol. The Morgan fingerprint density at radius 1 is 1.15 bits per heavy atom. The fraction of sp³-hybridized carbons (Fsp3) is 0.150. The number of fused-ring (bicyclic) bond motifs is 1. The van der Waals surface area contributed by atoms with Crippen LogP contribution in [-0.2, 0) is 29.5 Å². The molecule has 174 valence electrons. The summed E-state index contributed by atoms with van der Waals surface area (Å²) in [7, 11) is -1.87. The van der Waals surface area contributed by atoms with Crippen molar-refractivity contribution in [3.05, 3.63) is 67.1 Å². The lowest BCUT2D eigenvalue weighted by Crippen LogP contribution is -2.21. The highest BCUT2D eigenvalue weighted by atomic mass is 32.2. The van der Waals surface area contributed by atoms with E-state index in [4.69, 9.17) is 5.14 Å². The molecular weight excluding hydrogens is 458 g/mol. The third-order valence-electron chi connectivity index (χ3n) is 5.06. The highest BCUT2D eigenvalue weighted by Crippen LogP contribution is 2.23. The molecule has 0 unspecified atom stereocenters. The number of sulfonamides is 1. The largest absolute Gasteiger partial charge is 0.365 e. The van der Waals surface area contributed by atoms with Gasteiger partial charge in [0.15, 0.2) is 5.65 Å². The molecule has 34 heavy (non-hydrogen) atoms. The normalized spacial score (nSPS) is 11.7. The molecule has 4 aromatic heterocycles. The highest BCUT2D eigenvalue weighted by molar-refractivity contribution is 7.88. The summed E-state index contributed by atoms with van der Waals surface area (Å²) in [6, 6.07) is 10.0. The lowest BCUT2D eigenvalue weighted by molar-refractivity contribution is 0.585. The molecule has 0 saturated heterocycles. The molecule has 5 aromatic rings. The predicted molar refractivity (Wildman–Crippen MR) is 126 cm³/mol. The second-order valence-corrected chi connectivity index (χ2v) is 9.21. The molecule has 0 atom stereocenters. The SMILES string of the molecule is Cn1cc(-c2cccc(CNc3ncnc4c3ccn4Nc3nncn3CS(N)(=O)=O)c2)cn1. The molecular formula is C20H21N11O2S. The van der Waals surface area contributed by atoms with Gasteiger partial charge in [-0.05, 0) is 23.3 Å². The molecule has 0 spiro atoms. The number of hydrogen-bond donors (Lipinski definition) is 3. The van der Waals surface area contributed by atoms with Crippen molar-refractivity contribution in [1.29, 1.82) is 0 Å². The van der Waals surface area contributed by atoms with Crippen LogP contribution in [0.2, 0.25) is 0 Å². The first-order valence-corrected chi connectivity index (χ1v) is 11.9. The lowest BCUT2D eigenvalue weighted by atomic mass is 10.1. The Balaban J connectivity index is 1.35. The van der Waals surface area contributed by atoms with Crippen molar-refractivity contribution in [3.63, 3.8) is 0 Å². The van der Waals surface area contributed by atoms with Crippen molar-refractivity contribution in [3.8, 4) is 11.1 Å². The molecule has 0 aliphatic rings. The van der Waals surface area contributed by atoms with Crippen molar-refractivity contribution in [2.24, 2.45) is 12.2 Å². The van der Waals surface area contributed by atoms with Crippen LogP contribution in [-0.4, -0.2) is 47.6 Å². The van der Waals surface area contributed by atoms with Crippen LogP contribution in [0.3, 0.4) is 0 Å². The lowest BCUT2D eigenvalue weighted by Gasteiger charge is -2.10. The summed E-state index contributed by atoms with van der Waals surface area (Å²) in [6.45, 7) is 0.557. The van der Waals surface area contributed by atoms with Crippen molar-refractivity contribution in [1.82, 2.24) is 39.2 Å². The summed E-state index contributed by atoms with van der Waals surface area (Å²) in [4.78, 5) is 8.71. The molecule has 13 nitrogen and oxygen atoms in total. The van der Waals surface area contributed by atoms with Crippen LogP contribution in [0.4, 0.5) is 11.8 Å². The van der Waals surface area contributed by atoms with E-state index in [1.165, 1.54) is 17.2 Å². The Morgan fingerprint density at radius 3 is 2.82 bits per heavy atom. The first kappa shape index (κ1) is 21.5. The average Bonchev–Trinajstić information content (AvgIpc) is 3.53. The van der Waals surface area contributed by atoms with Gasteiger partial charge in [-0.25, -0.2) is 28.2 Å².